The van der Waals surface area contributed by atoms with Crippen molar-refractivity contribution >= 4 is 27.5 Å². The van der Waals surface area contributed by atoms with Crippen LogP contribution in [0.1, 0.15) is 36.1 Å². The summed E-state index contributed by atoms with van der Waals surface area (Å²) in [5, 5.41) is 5.71. The van der Waals surface area contributed by atoms with Crippen molar-refractivity contribution in [2.75, 3.05) is 19.8 Å². The lowest BCUT2D eigenvalue weighted by Crippen LogP contribution is -2.46. The van der Waals surface area contributed by atoms with E-state index in [2.05, 4.69) is 18.9 Å². The summed E-state index contributed by atoms with van der Waals surface area (Å²) in [6, 6.07) is 2.14. The molecule has 0 bridgehead atoms. The van der Waals surface area contributed by atoms with Crippen LogP contribution in [0.15, 0.2) is 6.07 Å². The highest BCUT2D eigenvalue weighted by atomic mass is 32.1. The molecule has 2 aromatic rings. The number of thiophene rings is 1. The second-order valence-corrected chi connectivity index (χ2v) is 7.44. The van der Waals surface area contributed by atoms with E-state index in [4.69, 9.17) is 4.74 Å². The number of carbonyl (C=O) groups is 1. The van der Waals surface area contributed by atoms with Gasteiger partial charge in [0, 0.05) is 18.5 Å². The van der Waals surface area contributed by atoms with Gasteiger partial charge in [-0.15, -0.1) is 11.3 Å². The van der Waals surface area contributed by atoms with Crippen LogP contribution >= 0.6 is 11.3 Å². The molecule has 3 rings (SSSR count). The molecule has 1 atom stereocenters. The quantitative estimate of drug-likeness (QED) is 0.873. The maximum atomic E-state index is 12.8. The van der Waals surface area contributed by atoms with Crippen molar-refractivity contribution in [1.29, 1.82) is 0 Å². The van der Waals surface area contributed by atoms with Gasteiger partial charge in [0.15, 0.2) is 0 Å². The first-order valence-electron chi connectivity index (χ1n) is 7.83. The molecule has 3 heterocycles. The van der Waals surface area contributed by atoms with Crippen molar-refractivity contribution in [3.05, 3.63) is 16.6 Å². The van der Waals surface area contributed by atoms with Crippen LogP contribution in [0.4, 0.5) is 0 Å². The summed E-state index contributed by atoms with van der Waals surface area (Å²) in [7, 11) is 0. The molecule has 6 heteroatoms. The highest BCUT2D eigenvalue weighted by Crippen LogP contribution is 2.30. The number of aryl methyl sites for hydroxylation is 1. The predicted molar refractivity (Wildman–Crippen MR) is 88.5 cm³/mol. The Labute approximate surface area is 134 Å². The third kappa shape index (κ3) is 2.77. The van der Waals surface area contributed by atoms with Crippen molar-refractivity contribution in [2.24, 2.45) is 5.92 Å². The van der Waals surface area contributed by atoms with Gasteiger partial charge in [-0.2, -0.15) is 5.10 Å². The maximum absolute atomic E-state index is 12.8. The minimum absolute atomic E-state index is 0.118. The highest BCUT2D eigenvalue weighted by molar-refractivity contribution is 7.20. The SMILES string of the molecule is Cc1nn(CC(C)C)c2sc(C(=O)N3CCOCC3C)cc12. The third-order valence-corrected chi connectivity index (χ3v) is 5.12. The smallest absolute Gasteiger partial charge is 0.264 e. The van der Waals surface area contributed by atoms with E-state index < -0.39 is 0 Å². The van der Waals surface area contributed by atoms with Crippen molar-refractivity contribution < 1.29 is 9.53 Å². The molecule has 0 aliphatic carbocycles. The van der Waals surface area contributed by atoms with Crippen LogP contribution in [0.2, 0.25) is 0 Å². The average molecular weight is 321 g/mol. The zero-order chi connectivity index (χ0) is 15.9. The number of hydrogen-bond donors (Lipinski definition) is 0. The van der Waals surface area contributed by atoms with Crippen LogP contribution in [0.5, 0.6) is 0 Å². The van der Waals surface area contributed by atoms with Crippen molar-refractivity contribution in [3.8, 4) is 0 Å². The molecular weight excluding hydrogens is 298 g/mol. The Hall–Kier alpha value is -1.40. The summed E-state index contributed by atoms with van der Waals surface area (Å²) in [6.07, 6.45) is 0. The molecule has 0 saturated carbocycles. The number of hydrogen-bond acceptors (Lipinski definition) is 4. The molecule has 1 saturated heterocycles. The summed E-state index contributed by atoms with van der Waals surface area (Å²) in [6.45, 7) is 11.2. The number of rotatable bonds is 3. The molecule has 0 radical (unpaired) electrons. The number of ether oxygens (including phenoxy) is 1. The van der Waals surface area contributed by atoms with Crippen LogP contribution in [0.25, 0.3) is 10.2 Å². The van der Waals surface area contributed by atoms with Gasteiger partial charge in [-0.3, -0.25) is 9.48 Å². The lowest BCUT2D eigenvalue weighted by molar-refractivity contribution is 0.00387. The normalized spacial score (nSPS) is 19.3. The largest absolute Gasteiger partial charge is 0.377 e. The molecule has 120 valence electrons. The zero-order valence-corrected chi connectivity index (χ0v) is 14.4. The molecule has 1 amide bonds. The summed E-state index contributed by atoms with van der Waals surface area (Å²) >= 11 is 1.56. The van der Waals surface area contributed by atoms with Gasteiger partial charge in [0.05, 0.1) is 29.8 Å². The fraction of sp³-hybridized carbons (Fsp3) is 0.625. The van der Waals surface area contributed by atoms with Gasteiger partial charge in [-0.05, 0) is 25.8 Å². The van der Waals surface area contributed by atoms with E-state index in [1.54, 1.807) is 11.3 Å². The molecule has 2 aromatic heterocycles. The summed E-state index contributed by atoms with van der Waals surface area (Å²) in [5.74, 6) is 0.649. The zero-order valence-electron chi connectivity index (χ0n) is 13.6. The standard InChI is InChI=1S/C16H23N3O2S/c1-10(2)8-19-16-13(12(4)17-19)7-14(22-16)15(20)18-5-6-21-9-11(18)3/h7,10-11H,5-6,8-9H2,1-4H3. The molecule has 22 heavy (non-hydrogen) atoms. The number of nitrogens with zero attached hydrogens (tertiary/aromatic N) is 3. The second-order valence-electron chi connectivity index (χ2n) is 6.41. The first-order chi connectivity index (χ1) is 10.5. The molecule has 1 fully saturated rings. The lowest BCUT2D eigenvalue weighted by atomic mass is 10.2. The molecule has 0 N–H and O–H groups in total. The van der Waals surface area contributed by atoms with Crippen LogP contribution in [0.3, 0.4) is 0 Å². The Morgan fingerprint density at radius 3 is 3.00 bits per heavy atom. The Morgan fingerprint density at radius 1 is 1.55 bits per heavy atom. The van der Waals surface area contributed by atoms with Crippen LogP contribution < -0.4 is 0 Å². The van der Waals surface area contributed by atoms with Gasteiger partial charge < -0.3 is 9.64 Å². The van der Waals surface area contributed by atoms with Gasteiger partial charge in [-0.25, -0.2) is 0 Å². The fourth-order valence-electron chi connectivity index (χ4n) is 2.86. The Bertz CT molecular complexity index is 689. The Kier molecular flexibility index (Phi) is 4.23. The molecule has 1 unspecified atom stereocenters. The molecular formula is C16H23N3O2S. The van der Waals surface area contributed by atoms with E-state index in [0.29, 0.717) is 25.7 Å². The van der Waals surface area contributed by atoms with Gasteiger partial charge in [0.25, 0.3) is 5.91 Å². The topological polar surface area (TPSA) is 47.4 Å². The van der Waals surface area contributed by atoms with Gasteiger partial charge in [-0.1, -0.05) is 13.8 Å². The van der Waals surface area contributed by atoms with Crippen LogP contribution in [-0.2, 0) is 11.3 Å². The highest BCUT2D eigenvalue weighted by Gasteiger charge is 2.27. The summed E-state index contributed by atoms with van der Waals surface area (Å²) in [5.41, 5.74) is 1.00. The molecule has 5 nitrogen and oxygen atoms in total. The number of aromatic nitrogens is 2. The number of morpholine rings is 1. The third-order valence-electron chi connectivity index (χ3n) is 3.98. The monoisotopic (exact) mass is 321 g/mol. The van der Waals surface area contributed by atoms with Crippen molar-refractivity contribution in [1.82, 2.24) is 14.7 Å². The minimum Gasteiger partial charge on any atom is -0.377 e. The van der Waals surface area contributed by atoms with E-state index in [9.17, 15) is 4.79 Å². The Morgan fingerprint density at radius 2 is 2.32 bits per heavy atom. The maximum Gasteiger partial charge on any atom is 0.264 e. The lowest BCUT2D eigenvalue weighted by Gasteiger charge is -2.32. The van der Waals surface area contributed by atoms with Crippen molar-refractivity contribution in [3.63, 3.8) is 0 Å². The fourth-order valence-corrected chi connectivity index (χ4v) is 3.99. The van der Waals surface area contributed by atoms with Crippen molar-refractivity contribution in [2.45, 2.75) is 40.3 Å². The molecule has 1 aliphatic rings. The van der Waals surface area contributed by atoms with Gasteiger partial charge >= 0.3 is 0 Å². The average Bonchev–Trinajstić information content (AvgIpc) is 3.01. The van der Waals surface area contributed by atoms with Crippen LogP contribution in [-0.4, -0.2) is 46.4 Å². The van der Waals surface area contributed by atoms with E-state index in [-0.39, 0.29) is 11.9 Å². The molecule has 0 aromatic carbocycles. The minimum atomic E-state index is 0.118. The predicted octanol–water partition coefficient (Wildman–Crippen LogP) is 2.92. The number of fused-ring (bicyclic) bond motifs is 1. The first kappa shape index (κ1) is 15.5. The van der Waals surface area contributed by atoms with E-state index in [1.807, 2.05) is 29.5 Å². The first-order valence-corrected chi connectivity index (χ1v) is 8.64. The number of carbonyl (C=O) groups excluding carboxylic acids is 1. The van der Waals surface area contributed by atoms with Gasteiger partial charge in [0.2, 0.25) is 0 Å². The van der Waals surface area contributed by atoms with E-state index in [0.717, 1.165) is 27.3 Å². The van der Waals surface area contributed by atoms with Gasteiger partial charge in [0.1, 0.15) is 4.83 Å². The molecule has 0 spiro atoms. The molecule has 1 aliphatic heterocycles. The van der Waals surface area contributed by atoms with E-state index in [1.165, 1.54) is 0 Å². The Balaban J connectivity index is 1.92. The van der Waals surface area contributed by atoms with E-state index >= 15 is 0 Å². The van der Waals surface area contributed by atoms with Crippen LogP contribution in [0, 0.1) is 12.8 Å². The summed E-state index contributed by atoms with van der Waals surface area (Å²) < 4.78 is 7.46. The second kappa shape index (κ2) is 6.01. The number of amides is 1. The summed E-state index contributed by atoms with van der Waals surface area (Å²) in [4.78, 5) is 16.6.